The van der Waals surface area contributed by atoms with Gasteiger partial charge < -0.3 is 0 Å². The van der Waals surface area contributed by atoms with Crippen molar-refractivity contribution >= 4 is 29.6 Å². The number of hydrogen-bond donors (Lipinski definition) is 0. The van der Waals surface area contributed by atoms with Gasteiger partial charge in [0.2, 0.25) is 5.37 Å². The maximum Gasteiger partial charge on any atom is 0.416 e. The van der Waals surface area contributed by atoms with Crippen molar-refractivity contribution in [1.82, 2.24) is 0 Å². The van der Waals surface area contributed by atoms with E-state index in [1.54, 1.807) is 11.8 Å². The van der Waals surface area contributed by atoms with Crippen molar-refractivity contribution in [2.75, 3.05) is 0 Å². The van der Waals surface area contributed by atoms with Crippen LogP contribution in [0.15, 0.2) is 59.6 Å². The van der Waals surface area contributed by atoms with Crippen LogP contribution < -0.4 is 0 Å². The summed E-state index contributed by atoms with van der Waals surface area (Å²) in [5.41, 5.74) is 2.06. The maximum atomic E-state index is 12.7. The highest BCUT2D eigenvalue weighted by Gasteiger charge is 2.33. The lowest BCUT2D eigenvalue weighted by Crippen LogP contribution is -2.13. The van der Waals surface area contributed by atoms with Gasteiger partial charge in [-0.25, -0.2) is 0 Å². The number of allylic oxidation sites excluding steroid dienone is 1. The monoisotopic (exact) mass is 368 g/mol. The Morgan fingerprint density at radius 3 is 2.38 bits per heavy atom. The van der Waals surface area contributed by atoms with Gasteiger partial charge in [0.1, 0.15) is 0 Å². The molecule has 0 saturated heterocycles. The molecule has 0 bridgehead atoms. The average molecular weight is 369 g/mol. The van der Waals surface area contributed by atoms with Crippen LogP contribution in [0.5, 0.6) is 0 Å². The van der Waals surface area contributed by atoms with E-state index in [-0.39, 0.29) is 5.37 Å². The lowest BCUT2D eigenvalue weighted by molar-refractivity contribution is -0.488. The van der Waals surface area contributed by atoms with E-state index in [4.69, 9.17) is 11.6 Å². The first-order valence-corrected chi connectivity index (χ1v) is 8.55. The van der Waals surface area contributed by atoms with Gasteiger partial charge in [-0.1, -0.05) is 35.9 Å². The fraction of sp³-hybridized carbons (Fsp3) is 0.167. The second kappa shape index (κ2) is 6.65. The summed E-state index contributed by atoms with van der Waals surface area (Å²) in [7, 11) is 0. The molecule has 0 radical (unpaired) electrons. The van der Waals surface area contributed by atoms with Gasteiger partial charge in [0.25, 0.3) is 0 Å². The first-order valence-electron chi connectivity index (χ1n) is 7.23. The molecular formula is C18H14ClF3NS+. The van der Waals surface area contributed by atoms with Crippen LogP contribution in [0.2, 0.25) is 5.02 Å². The number of benzene rings is 2. The van der Waals surface area contributed by atoms with E-state index >= 15 is 0 Å². The number of halogens is 4. The largest absolute Gasteiger partial charge is 0.416 e. The molecule has 1 aliphatic rings. The van der Waals surface area contributed by atoms with E-state index in [1.165, 1.54) is 12.1 Å². The summed E-state index contributed by atoms with van der Waals surface area (Å²) < 4.78 is 40.2. The van der Waals surface area contributed by atoms with Gasteiger partial charge in [-0.3, -0.25) is 0 Å². The highest BCUT2D eigenvalue weighted by Crippen LogP contribution is 2.40. The minimum Gasteiger partial charge on any atom is -0.184 e. The molecule has 124 valence electrons. The molecule has 0 aliphatic carbocycles. The molecule has 2 aromatic carbocycles. The summed E-state index contributed by atoms with van der Waals surface area (Å²) >= 11 is 7.76. The number of hydrogen-bond acceptors (Lipinski definition) is 1. The molecule has 0 fully saturated rings. The van der Waals surface area contributed by atoms with Crippen molar-refractivity contribution in [2.45, 2.75) is 18.5 Å². The van der Waals surface area contributed by atoms with E-state index in [2.05, 4.69) is 0 Å². The molecule has 24 heavy (non-hydrogen) atoms. The Bertz CT molecular complexity index is 810. The highest BCUT2D eigenvalue weighted by atomic mass is 35.5. The molecule has 0 amide bonds. The topological polar surface area (TPSA) is 3.01 Å². The van der Waals surface area contributed by atoms with Crippen LogP contribution in [-0.4, -0.2) is 10.8 Å². The van der Waals surface area contributed by atoms with Gasteiger partial charge in [-0.2, -0.15) is 17.7 Å². The third kappa shape index (κ3) is 3.52. The molecule has 1 atom stereocenters. The van der Waals surface area contributed by atoms with Crippen molar-refractivity contribution in [3.05, 3.63) is 81.3 Å². The normalized spacial score (nSPS) is 19.6. The van der Waals surface area contributed by atoms with E-state index < -0.39 is 11.7 Å². The van der Waals surface area contributed by atoms with Crippen LogP contribution in [0, 0.1) is 0 Å². The van der Waals surface area contributed by atoms with Crippen LogP contribution in [-0.2, 0) is 6.18 Å². The molecule has 0 N–H and O–H groups in total. The quantitative estimate of drug-likeness (QED) is 0.579. The minimum atomic E-state index is -4.32. The van der Waals surface area contributed by atoms with Crippen molar-refractivity contribution in [1.29, 1.82) is 0 Å². The van der Waals surface area contributed by atoms with Gasteiger partial charge in [0, 0.05) is 17.9 Å². The molecule has 3 rings (SSSR count). The molecule has 2 aromatic rings. The Morgan fingerprint density at radius 1 is 1.08 bits per heavy atom. The van der Waals surface area contributed by atoms with Crippen LogP contribution in [0.1, 0.15) is 29.0 Å². The van der Waals surface area contributed by atoms with Crippen molar-refractivity contribution in [2.24, 2.45) is 0 Å². The maximum absolute atomic E-state index is 12.7. The Balaban J connectivity index is 1.95. The Labute approximate surface area is 147 Å². The van der Waals surface area contributed by atoms with E-state index in [9.17, 15) is 13.2 Å². The molecule has 1 nitrogen and oxygen atoms in total. The lowest BCUT2D eigenvalue weighted by atomic mass is 10.1. The Morgan fingerprint density at radius 2 is 1.75 bits per heavy atom. The predicted molar refractivity (Wildman–Crippen MR) is 92.4 cm³/mol. The van der Waals surface area contributed by atoms with Gasteiger partial charge in [-0.15, -0.1) is 0 Å². The number of alkyl halides is 3. The zero-order valence-corrected chi connectivity index (χ0v) is 14.3. The van der Waals surface area contributed by atoms with E-state index in [0.29, 0.717) is 5.02 Å². The molecular weight excluding hydrogens is 355 g/mol. The molecule has 1 heterocycles. The zero-order valence-electron chi connectivity index (χ0n) is 12.7. The van der Waals surface area contributed by atoms with Crippen molar-refractivity contribution in [3.8, 4) is 0 Å². The summed E-state index contributed by atoms with van der Waals surface area (Å²) in [6.07, 6.45) is -2.39. The van der Waals surface area contributed by atoms with Gasteiger partial charge >= 0.3 is 6.18 Å². The van der Waals surface area contributed by atoms with Crippen LogP contribution in [0.3, 0.4) is 0 Å². The molecule has 0 aromatic heterocycles. The summed E-state index contributed by atoms with van der Waals surface area (Å²) in [5, 5.41) is 2.52. The van der Waals surface area contributed by atoms with Gasteiger partial charge in [0.05, 0.1) is 16.1 Å². The number of rotatable bonds is 2. The second-order valence-corrected chi connectivity index (χ2v) is 6.79. The average Bonchev–Trinajstić information content (AvgIpc) is 2.90. The molecule has 6 heteroatoms. The number of nitrogens with zero attached hydrogens (tertiary/aromatic N) is 1. The SMILES string of the molecule is CC1=CSC(c2ccc(C(F)(F)F)cc2)[N+]1=Cc1ccccc1Cl. The van der Waals surface area contributed by atoms with E-state index in [1.807, 2.05) is 47.4 Å². The fourth-order valence-corrected chi connectivity index (χ4v) is 3.75. The first-order chi connectivity index (χ1) is 11.4. The molecule has 1 aliphatic heterocycles. The van der Waals surface area contributed by atoms with Gasteiger partial charge in [-0.05, 0) is 36.0 Å². The third-order valence-corrected chi connectivity index (χ3v) is 5.31. The standard InChI is InChI=1S/C18H14ClF3NS/c1-12-11-24-17(13-6-8-15(9-7-13)18(20,21)22)23(12)10-14-4-2-3-5-16(14)19/h2-11,17H,1H3/q+1. The molecule has 1 unspecified atom stereocenters. The molecule has 0 saturated carbocycles. The Hall–Kier alpha value is -1.72. The predicted octanol–water partition coefficient (Wildman–Crippen LogP) is 6.10. The van der Waals surface area contributed by atoms with E-state index in [0.717, 1.165) is 29.0 Å². The summed E-state index contributed by atoms with van der Waals surface area (Å²) in [6.45, 7) is 1.96. The number of thioether (sulfide) groups is 1. The summed E-state index contributed by atoms with van der Waals surface area (Å²) in [5.74, 6) is 0. The first kappa shape index (κ1) is 17.1. The minimum absolute atomic E-state index is 0.108. The second-order valence-electron chi connectivity index (χ2n) is 5.43. The van der Waals surface area contributed by atoms with Crippen LogP contribution >= 0.6 is 23.4 Å². The zero-order chi connectivity index (χ0) is 17.3. The fourth-order valence-electron chi connectivity index (χ4n) is 2.45. The lowest BCUT2D eigenvalue weighted by Gasteiger charge is -2.11. The third-order valence-electron chi connectivity index (χ3n) is 3.73. The highest BCUT2D eigenvalue weighted by molar-refractivity contribution is 8.02. The smallest absolute Gasteiger partial charge is 0.184 e. The van der Waals surface area contributed by atoms with Gasteiger partial charge in [0.15, 0.2) is 11.9 Å². The molecule has 0 spiro atoms. The Kier molecular flexibility index (Phi) is 4.74. The van der Waals surface area contributed by atoms with Crippen molar-refractivity contribution in [3.63, 3.8) is 0 Å². The van der Waals surface area contributed by atoms with Crippen molar-refractivity contribution < 1.29 is 17.7 Å². The van der Waals surface area contributed by atoms with Crippen LogP contribution in [0.25, 0.3) is 0 Å². The van der Waals surface area contributed by atoms with Crippen LogP contribution in [0.4, 0.5) is 13.2 Å². The summed E-state index contributed by atoms with van der Waals surface area (Å²) in [4.78, 5) is 0. The summed E-state index contributed by atoms with van der Waals surface area (Å²) in [6, 6.07) is 12.8.